The average molecular weight is 375 g/mol. The molecule has 1 N–H and O–H groups in total. The smallest absolute Gasteiger partial charge is 0.319 e. The van der Waals surface area contributed by atoms with E-state index >= 15 is 0 Å². The van der Waals surface area contributed by atoms with E-state index in [0.717, 1.165) is 12.3 Å². The normalized spacial score (nSPS) is 11.7. The van der Waals surface area contributed by atoms with Gasteiger partial charge in [0.05, 0.1) is 16.4 Å². The molecule has 0 aliphatic heterocycles. The lowest BCUT2D eigenvalue weighted by Crippen LogP contribution is -2.22. The van der Waals surface area contributed by atoms with Crippen LogP contribution in [0.4, 0.5) is 20.2 Å². The van der Waals surface area contributed by atoms with Gasteiger partial charge in [-0.15, -0.1) is 0 Å². The quantitative estimate of drug-likeness (QED) is 0.583. The molecule has 2 rings (SSSR count). The summed E-state index contributed by atoms with van der Waals surface area (Å²) < 4.78 is 52.0. The van der Waals surface area contributed by atoms with E-state index in [1.807, 2.05) is 0 Å². The van der Waals surface area contributed by atoms with Gasteiger partial charge in [-0.05, 0) is 19.2 Å². The van der Waals surface area contributed by atoms with Crippen molar-refractivity contribution in [3.8, 4) is 0 Å². The van der Waals surface area contributed by atoms with Crippen molar-refractivity contribution in [3.63, 3.8) is 0 Å². The van der Waals surface area contributed by atoms with Crippen LogP contribution in [0.1, 0.15) is 12.4 Å². The summed E-state index contributed by atoms with van der Waals surface area (Å²) in [6.45, 7) is -2.92. The summed E-state index contributed by atoms with van der Waals surface area (Å²) in [4.78, 5) is 15.4. The second kappa shape index (κ2) is 7.11. The molecule has 1 heterocycles. The summed E-state index contributed by atoms with van der Waals surface area (Å²) in [5, 5.41) is 11.3. The fraction of sp³-hybridized carbons (Fsp3) is 0.308. The first-order valence-corrected chi connectivity index (χ1v) is 8.38. The van der Waals surface area contributed by atoms with Gasteiger partial charge in [-0.3, -0.25) is 14.7 Å². The van der Waals surface area contributed by atoms with Gasteiger partial charge in [-0.2, -0.15) is 8.78 Å². The van der Waals surface area contributed by atoms with Crippen LogP contribution in [-0.2, 0) is 16.6 Å². The number of imidazole rings is 1. The van der Waals surface area contributed by atoms with Crippen molar-refractivity contribution in [2.75, 3.05) is 19.0 Å². The molecule has 0 atom stereocenters. The van der Waals surface area contributed by atoms with Gasteiger partial charge in [0.1, 0.15) is 11.5 Å². The van der Waals surface area contributed by atoms with Crippen molar-refractivity contribution in [3.05, 3.63) is 46.5 Å². The van der Waals surface area contributed by atoms with E-state index in [4.69, 9.17) is 0 Å². The number of nitro groups is 1. The standard InChI is InChI=1S/C13H15F2N5O4S/c1-16-25(23,24)9-3-4-10(11(7-9)20(21)22)18(2)8-12-17-5-6-19(12)13(14)15/h3-7,13,16H,8H2,1-2H3. The van der Waals surface area contributed by atoms with Crippen LogP contribution in [0.25, 0.3) is 0 Å². The third-order valence-electron chi connectivity index (χ3n) is 3.47. The Morgan fingerprint density at radius 1 is 1.44 bits per heavy atom. The number of sulfonamides is 1. The highest BCUT2D eigenvalue weighted by Gasteiger charge is 2.23. The molecule has 9 nitrogen and oxygen atoms in total. The fourth-order valence-electron chi connectivity index (χ4n) is 2.20. The molecular formula is C13H15F2N5O4S. The van der Waals surface area contributed by atoms with Crippen LogP contribution >= 0.6 is 0 Å². The molecule has 0 radical (unpaired) electrons. The van der Waals surface area contributed by atoms with Gasteiger partial charge in [-0.25, -0.2) is 18.1 Å². The van der Waals surface area contributed by atoms with Gasteiger partial charge in [0.15, 0.2) is 0 Å². The predicted molar refractivity (Wildman–Crippen MR) is 84.9 cm³/mol. The van der Waals surface area contributed by atoms with Crippen LogP contribution in [0.3, 0.4) is 0 Å². The van der Waals surface area contributed by atoms with Crippen molar-refractivity contribution in [1.82, 2.24) is 14.3 Å². The monoisotopic (exact) mass is 375 g/mol. The largest absolute Gasteiger partial charge is 0.362 e. The molecule has 0 unspecified atom stereocenters. The van der Waals surface area contributed by atoms with Crippen LogP contribution in [0.2, 0.25) is 0 Å². The fourth-order valence-corrected chi connectivity index (χ4v) is 2.95. The van der Waals surface area contributed by atoms with E-state index in [2.05, 4.69) is 9.71 Å². The third kappa shape index (κ3) is 3.91. The Morgan fingerprint density at radius 3 is 2.68 bits per heavy atom. The Bertz CT molecular complexity index is 884. The molecule has 0 amide bonds. The first-order valence-electron chi connectivity index (χ1n) is 6.90. The van der Waals surface area contributed by atoms with Crippen LogP contribution in [0, 0.1) is 10.1 Å². The Morgan fingerprint density at radius 2 is 2.12 bits per heavy atom. The first kappa shape index (κ1) is 18.7. The van der Waals surface area contributed by atoms with Crippen molar-refractivity contribution >= 4 is 21.4 Å². The zero-order valence-electron chi connectivity index (χ0n) is 13.3. The molecule has 0 bridgehead atoms. The highest BCUT2D eigenvalue weighted by molar-refractivity contribution is 7.89. The van der Waals surface area contributed by atoms with Crippen molar-refractivity contribution in [2.24, 2.45) is 0 Å². The third-order valence-corrected chi connectivity index (χ3v) is 4.88. The molecule has 0 aliphatic carbocycles. The number of alkyl halides is 2. The maximum absolute atomic E-state index is 12.9. The predicted octanol–water partition coefficient (Wildman–Crippen LogP) is 1.73. The van der Waals surface area contributed by atoms with Crippen LogP contribution in [-0.4, -0.2) is 37.0 Å². The molecule has 0 spiro atoms. The second-order valence-corrected chi connectivity index (χ2v) is 6.89. The number of anilines is 1. The minimum atomic E-state index is -3.85. The highest BCUT2D eigenvalue weighted by atomic mass is 32.2. The molecular weight excluding hydrogens is 360 g/mol. The number of hydrogen-bond acceptors (Lipinski definition) is 6. The van der Waals surface area contributed by atoms with Gasteiger partial charge in [0, 0.05) is 25.5 Å². The topological polar surface area (TPSA) is 110 Å². The lowest BCUT2D eigenvalue weighted by molar-refractivity contribution is -0.384. The zero-order chi connectivity index (χ0) is 18.8. The molecule has 136 valence electrons. The number of nitrogens with zero attached hydrogens (tertiary/aromatic N) is 4. The van der Waals surface area contributed by atoms with Crippen LogP contribution in [0.15, 0.2) is 35.5 Å². The summed E-state index contributed by atoms with van der Waals surface area (Å²) in [7, 11) is -1.21. The number of aromatic nitrogens is 2. The van der Waals surface area contributed by atoms with E-state index in [-0.39, 0.29) is 23.0 Å². The molecule has 1 aromatic carbocycles. The molecule has 2 aromatic rings. The van der Waals surface area contributed by atoms with Gasteiger partial charge in [0.2, 0.25) is 10.0 Å². The summed E-state index contributed by atoms with van der Waals surface area (Å²) in [5.74, 6) is 0.0127. The number of nitrogens with one attached hydrogen (secondary N) is 1. The molecule has 12 heteroatoms. The molecule has 0 fully saturated rings. The molecule has 1 aromatic heterocycles. The molecule has 0 aliphatic rings. The van der Waals surface area contributed by atoms with Crippen molar-refractivity contribution in [2.45, 2.75) is 18.0 Å². The Balaban J connectivity index is 2.41. The summed E-state index contributed by atoms with van der Waals surface area (Å²) in [5.41, 5.74) is -0.391. The average Bonchev–Trinajstić information content (AvgIpc) is 3.02. The Labute approximate surface area is 142 Å². The lowest BCUT2D eigenvalue weighted by atomic mass is 10.2. The lowest BCUT2D eigenvalue weighted by Gasteiger charge is -2.19. The molecule has 0 saturated heterocycles. The Kier molecular flexibility index (Phi) is 5.33. The number of hydrogen-bond donors (Lipinski definition) is 1. The van der Waals surface area contributed by atoms with Crippen LogP contribution in [0.5, 0.6) is 0 Å². The van der Waals surface area contributed by atoms with E-state index in [1.54, 1.807) is 0 Å². The number of benzene rings is 1. The van der Waals surface area contributed by atoms with E-state index in [1.165, 1.54) is 37.3 Å². The maximum atomic E-state index is 12.9. The van der Waals surface area contributed by atoms with Gasteiger partial charge in [0.25, 0.3) is 5.69 Å². The van der Waals surface area contributed by atoms with Crippen molar-refractivity contribution in [1.29, 1.82) is 0 Å². The minimum absolute atomic E-state index is 0.0127. The summed E-state index contributed by atoms with van der Waals surface area (Å²) in [6, 6.07) is 3.36. The van der Waals surface area contributed by atoms with Crippen molar-refractivity contribution < 1.29 is 22.1 Å². The maximum Gasteiger partial charge on any atom is 0.319 e. The molecule has 25 heavy (non-hydrogen) atoms. The summed E-state index contributed by atoms with van der Waals surface area (Å²) in [6.07, 6.45) is 2.30. The van der Waals surface area contributed by atoms with Gasteiger partial charge in [-0.1, -0.05) is 0 Å². The Hall–Kier alpha value is -2.60. The SMILES string of the molecule is CNS(=O)(=O)c1ccc(N(C)Cc2nccn2C(F)F)c([N+](=O)[O-])c1. The highest BCUT2D eigenvalue weighted by Crippen LogP contribution is 2.31. The zero-order valence-corrected chi connectivity index (χ0v) is 14.1. The number of rotatable bonds is 7. The minimum Gasteiger partial charge on any atom is -0.362 e. The number of nitro benzene ring substituents is 1. The van der Waals surface area contributed by atoms with Crippen LogP contribution < -0.4 is 9.62 Å². The molecule has 0 saturated carbocycles. The second-order valence-electron chi connectivity index (χ2n) is 5.00. The first-order chi connectivity index (χ1) is 11.7. The number of halogens is 2. The van der Waals surface area contributed by atoms with E-state index < -0.39 is 27.2 Å². The van der Waals surface area contributed by atoms with E-state index in [9.17, 15) is 27.3 Å². The van der Waals surface area contributed by atoms with E-state index in [0.29, 0.717) is 4.57 Å². The van der Waals surface area contributed by atoms with Gasteiger partial charge >= 0.3 is 6.55 Å². The summed E-state index contributed by atoms with van der Waals surface area (Å²) >= 11 is 0. The van der Waals surface area contributed by atoms with Gasteiger partial charge < -0.3 is 4.90 Å².